The zero-order chi connectivity index (χ0) is 21.8. The van der Waals surface area contributed by atoms with E-state index in [0.29, 0.717) is 17.9 Å². The summed E-state index contributed by atoms with van der Waals surface area (Å²) in [5.74, 6) is 1.08. The Labute approximate surface area is 189 Å². The molecule has 1 amide bonds. The van der Waals surface area contributed by atoms with Crippen LogP contribution in [0.25, 0.3) is 15.8 Å². The molecule has 3 aromatic rings. The third-order valence-corrected chi connectivity index (χ3v) is 6.05. The lowest BCUT2D eigenvalue weighted by Crippen LogP contribution is -2.24. The molecule has 1 aliphatic heterocycles. The molecule has 1 aromatic carbocycles. The molecule has 3 heterocycles. The number of fused-ring (bicyclic) bond motifs is 1. The quantitative estimate of drug-likeness (QED) is 0.606. The first-order chi connectivity index (χ1) is 15.7. The van der Waals surface area contributed by atoms with Crippen LogP contribution in [0, 0.1) is 0 Å². The SMILES string of the molecule is O=C(NC1=CC(c2nc3ccncc3s2)=CCC1)C1=CN=C(Oc2ccccc2)CC=C1. The van der Waals surface area contributed by atoms with Crippen molar-refractivity contribution in [1.82, 2.24) is 15.3 Å². The minimum Gasteiger partial charge on any atom is -0.443 e. The third kappa shape index (κ3) is 4.58. The summed E-state index contributed by atoms with van der Waals surface area (Å²) in [5, 5.41) is 3.96. The first kappa shape index (κ1) is 20.1. The number of carbonyl (C=O) groups is 1. The highest BCUT2D eigenvalue weighted by Crippen LogP contribution is 2.30. The summed E-state index contributed by atoms with van der Waals surface area (Å²) in [6.07, 6.45) is 15.1. The summed E-state index contributed by atoms with van der Waals surface area (Å²) < 4.78 is 6.84. The van der Waals surface area contributed by atoms with E-state index in [9.17, 15) is 4.79 Å². The van der Waals surface area contributed by atoms with E-state index in [0.717, 1.165) is 45.1 Å². The molecule has 2 aromatic heterocycles. The minimum atomic E-state index is -0.188. The zero-order valence-corrected chi connectivity index (χ0v) is 18.0. The van der Waals surface area contributed by atoms with E-state index in [4.69, 9.17) is 9.72 Å². The molecule has 2 aliphatic rings. The van der Waals surface area contributed by atoms with Crippen LogP contribution in [0.15, 0.2) is 95.6 Å². The first-order valence-electron chi connectivity index (χ1n) is 10.3. The number of nitrogens with zero attached hydrogens (tertiary/aromatic N) is 3. The molecule has 0 spiro atoms. The Balaban J connectivity index is 1.29. The highest BCUT2D eigenvalue weighted by Gasteiger charge is 2.16. The second kappa shape index (κ2) is 9.11. The molecule has 5 rings (SSSR count). The Morgan fingerprint density at radius 2 is 2.06 bits per heavy atom. The van der Waals surface area contributed by atoms with Gasteiger partial charge in [-0.25, -0.2) is 9.98 Å². The van der Waals surface area contributed by atoms with Crippen LogP contribution in [0.1, 0.15) is 24.3 Å². The van der Waals surface area contributed by atoms with E-state index in [-0.39, 0.29) is 5.91 Å². The van der Waals surface area contributed by atoms with Gasteiger partial charge < -0.3 is 10.1 Å². The number of thiazole rings is 1. The lowest BCUT2D eigenvalue weighted by Gasteiger charge is -2.14. The van der Waals surface area contributed by atoms with E-state index in [1.165, 1.54) is 0 Å². The highest BCUT2D eigenvalue weighted by atomic mass is 32.1. The van der Waals surface area contributed by atoms with Gasteiger partial charge in [0.2, 0.25) is 0 Å². The molecular weight excluding hydrogens is 420 g/mol. The highest BCUT2D eigenvalue weighted by molar-refractivity contribution is 7.19. The maximum atomic E-state index is 12.8. The molecule has 6 nitrogen and oxygen atoms in total. The van der Waals surface area contributed by atoms with E-state index < -0.39 is 0 Å². The van der Waals surface area contributed by atoms with Crippen LogP contribution in [0.4, 0.5) is 0 Å². The van der Waals surface area contributed by atoms with Gasteiger partial charge in [-0.3, -0.25) is 9.78 Å². The van der Waals surface area contributed by atoms with Crippen molar-refractivity contribution >= 4 is 38.9 Å². The van der Waals surface area contributed by atoms with Gasteiger partial charge in [0.25, 0.3) is 5.91 Å². The molecule has 0 atom stereocenters. The summed E-state index contributed by atoms with van der Waals surface area (Å²) in [4.78, 5) is 26.1. The molecule has 0 unspecified atom stereocenters. The number of aromatic nitrogens is 2. The second-order valence-electron chi connectivity index (χ2n) is 7.31. The fraction of sp³-hybridized carbons (Fsp3) is 0.120. The molecule has 0 bridgehead atoms. The molecule has 0 saturated heterocycles. The Morgan fingerprint density at radius 1 is 1.16 bits per heavy atom. The molecule has 1 N–H and O–H groups in total. The number of para-hydroxylation sites is 1. The molecule has 0 saturated carbocycles. The normalized spacial score (nSPS) is 15.9. The molecule has 32 heavy (non-hydrogen) atoms. The Hall–Kier alpha value is -3.84. The van der Waals surface area contributed by atoms with Crippen molar-refractivity contribution in [3.05, 3.63) is 95.6 Å². The lowest BCUT2D eigenvalue weighted by molar-refractivity contribution is -0.116. The van der Waals surface area contributed by atoms with Crippen LogP contribution < -0.4 is 10.1 Å². The van der Waals surface area contributed by atoms with Crippen molar-refractivity contribution in [3.8, 4) is 5.75 Å². The average molecular weight is 441 g/mol. The van der Waals surface area contributed by atoms with Crippen molar-refractivity contribution in [2.24, 2.45) is 4.99 Å². The van der Waals surface area contributed by atoms with Gasteiger partial charge in [-0.2, -0.15) is 0 Å². The topological polar surface area (TPSA) is 76.5 Å². The minimum absolute atomic E-state index is 0.188. The first-order valence-corrected chi connectivity index (χ1v) is 11.2. The number of rotatable bonds is 4. The third-order valence-electron chi connectivity index (χ3n) is 5.00. The smallest absolute Gasteiger partial charge is 0.256 e. The number of hydrogen-bond donors (Lipinski definition) is 1. The molecule has 158 valence electrons. The predicted octanol–water partition coefficient (Wildman–Crippen LogP) is 5.19. The molecule has 0 radical (unpaired) electrons. The monoisotopic (exact) mass is 440 g/mol. The molecular formula is C25H20N4O2S. The standard InChI is InChI=1S/C25H20N4O2S/c30-24(18-7-5-11-23(27-15-18)31-20-9-2-1-3-10-20)28-19-8-4-6-17(14-19)25-29-21-12-13-26-16-22(21)32-25/h1-3,5-7,9-10,12-16H,4,8,11H2,(H,28,30). The zero-order valence-electron chi connectivity index (χ0n) is 17.2. The Morgan fingerprint density at radius 3 is 2.94 bits per heavy atom. The van der Waals surface area contributed by atoms with Gasteiger partial charge in [0.15, 0.2) is 5.90 Å². The van der Waals surface area contributed by atoms with Gasteiger partial charge >= 0.3 is 0 Å². The number of ether oxygens (including phenoxy) is 1. The second-order valence-corrected chi connectivity index (χ2v) is 8.34. The Kier molecular flexibility index (Phi) is 5.72. The number of carbonyl (C=O) groups excluding carboxylic acids is 1. The van der Waals surface area contributed by atoms with Crippen LogP contribution in [-0.4, -0.2) is 21.8 Å². The van der Waals surface area contributed by atoms with Gasteiger partial charge in [-0.1, -0.05) is 36.4 Å². The van der Waals surface area contributed by atoms with E-state index in [1.807, 2.05) is 54.7 Å². The van der Waals surface area contributed by atoms with Gasteiger partial charge in [0.05, 0.1) is 15.8 Å². The van der Waals surface area contributed by atoms with E-state index in [1.54, 1.807) is 29.8 Å². The van der Waals surface area contributed by atoms with E-state index in [2.05, 4.69) is 21.4 Å². The summed E-state index contributed by atoms with van der Waals surface area (Å²) in [6, 6.07) is 11.4. The van der Waals surface area contributed by atoms with Crippen molar-refractivity contribution in [2.45, 2.75) is 19.3 Å². The van der Waals surface area contributed by atoms with Crippen LogP contribution >= 0.6 is 11.3 Å². The van der Waals surface area contributed by atoms with Crippen LogP contribution in [0.3, 0.4) is 0 Å². The predicted molar refractivity (Wildman–Crippen MR) is 127 cm³/mol. The number of amides is 1. The number of hydrogen-bond acceptors (Lipinski definition) is 6. The van der Waals surface area contributed by atoms with Gasteiger partial charge in [0, 0.05) is 36.3 Å². The number of benzene rings is 1. The van der Waals surface area contributed by atoms with Crippen molar-refractivity contribution in [1.29, 1.82) is 0 Å². The lowest BCUT2D eigenvalue weighted by atomic mass is 10.0. The molecule has 0 fully saturated rings. The average Bonchev–Trinajstić information content (AvgIpc) is 3.13. The summed E-state index contributed by atoms with van der Waals surface area (Å²) in [5.41, 5.74) is 3.31. The number of nitrogens with one attached hydrogen (secondary N) is 1. The summed E-state index contributed by atoms with van der Waals surface area (Å²) in [6.45, 7) is 0. The van der Waals surface area contributed by atoms with E-state index >= 15 is 0 Å². The summed E-state index contributed by atoms with van der Waals surface area (Å²) >= 11 is 1.60. The van der Waals surface area contributed by atoms with Crippen molar-refractivity contribution < 1.29 is 9.53 Å². The maximum Gasteiger partial charge on any atom is 0.256 e. The number of pyridine rings is 1. The van der Waals surface area contributed by atoms with Gasteiger partial charge in [-0.05, 0) is 37.1 Å². The Bertz CT molecular complexity index is 1280. The molecule has 7 heteroatoms. The van der Waals surface area contributed by atoms with Gasteiger partial charge in [-0.15, -0.1) is 11.3 Å². The van der Waals surface area contributed by atoms with Crippen LogP contribution in [-0.2, 0) is 4.79 Å². The summed E-state index contributed by atoms with van der Waals surface area (Å²) in [7, 11) is 0. The number of allylic oxidation sites excluding steroid dienone is 4. The van der Waals surface area contributed by atoms with Crippen molar-refractivity contribution in [3.63, 3.8) is 0 Å². The fourth-order valence-corrected chi connectivity index (χ4v) is 4.37. The number of aliphatic imine (C=N–C) groups is 1. The van der Waals surface area contributed by atoms with Crippen molar-refractivity contribution in [2.75, 3.05) is 0 Å². The molecule has 1 aliphatic carbocycles. The maximum absolute atomic E-state index is 12.8. The van der Waals surface area contributed by atoms with Crippen LogP contribution in [0.2, 0.25) is 0 Å². The van der Waals surface area contributed by atoms with Gasteiger partial charge in [0.1, 0.15) is 10.8 Å². The largest absolute Gasteiger partial charge is 0.443 e. The fourth-order valence-electron chi connectivity index (χ4n) is 3.42. The van der Waals surface area contributed by atoms with Crippen LogP contribution in [0.5, 0.6) is 5.75 Å².